The summed E-state index contributed by atoms with van der Waals surface area (Å²) in [5, 5.41) is 0. The zero-order valence-electron chi connectivity index (χ0n) is 12.9. The Balaban J connectivity index is 1.57. The van der Waals surface area contributed by atoms with Crippen molar-refractivity contribution >= 4 is 5.91 Å². The zero-order chi connectivity index (χ0) is 16.1. The predicted octanol–water partition coefficient (Wildman–Crippen LogP) is 2.70. The van der Waals surface area contributed by atoms with Gasteiger partial charge in [-0.25, -0.2) is 9.97 Å². The molecule has 0 atom stereocenters. The molecule has 118 valence electrons. The Bertz CT molecular complexity index is 662. The molecule has 0 aliphatic carbocycles. The lowest BCUT2D eigenvalue weighted by Crippen LogP contribution is -2.41. The molecule has 1 amide bonds. The average molecular weight is 309 g/mol. The molecule has 1 aliphatic rings. The van der Waals surface area contributed by atoms with Crippen molar-refractivity contribution in [3.05, 3.63) is 55.6 Å². The fraction of sp³-hybridized carbons (Fsp3) is 0.278. The van der Waals surface area contributed by atoms with Crippen molar-refractivity contribution in [3.8, 4) is 16.9 Å². The molecule has 1 aliphatic heterocycles. The highest BCUT2D eigenvalue weighted by atomic mass is 16.5. The highest BCUT2D eigenvalue weighted by molar-refractivity contribution is 5.87. The first kappa shape index (κ1) is 15.2. The fourth-order valence-electron chi connectivity index (χ4n) is 2.69. The number of hydrogen-bond acceptors (Lipinski definition) is 4. The monoisotopic (exact) mass is 309 g/mol. The maximum Gasteiger partial charge on any atom is 0.245 e. The molecule has 0 bridgehead atoms. The average Bonchev–Trinajstić information content (AvgIpc) is 2.63. The predicted molar refractivity (Wildman–Crippen MR) is 87.9 cm³/mol. The van der Waals surface area contributed by atoms with Crippen molar-refractivity contribution < 1.29 is 9.53 Å². The minimum Gasteiger partial charge on any atom is -0.490 e. The number of aromatic nitrogens is 2. The molecule has 0 unspecified atom stereocenters. The van der Waals surface area contributed by atoms with E-state index in [9.17, 15) is 4.79 Å². The van der Waals surface area contributed by atoms with Gasteiger partial charge in [0.2, 0.25) is 5.91 Å². The van der Waals surface area contributed by atoms with Crippen molar-refractivity contribution in [2.75, 3.05) is 13.1 Å². The Morgan fingerprint density at radius 2 is 1.78 bits per heavy atom. The van der Waals surface area contributed by atoms with Crippen LogP contribution in [0.1, 0.15) is 12.8 Å². The van der Waals surface area contributed by atoms with Gasteiger partial charge in [-0.05, 0) is 23.8 Å². The van der Waals surface area contributed by atoms with Gasteiger partial charge in [0.05, 0.1) is 0 Å². The Hall–Kier alpha value is -2.69. The summed E-state index contributed by atoms with van der Waals surface area (Å²) in [6, 6.07) is 7.93. The van der Waals surface area contributed by atoms with Crippen molar-refractivity contribution in [2.24, 2.45) is 0 Å². The second-order valence-corrected chi connectivity index (χ2v) is 5.50. The van der Waals surface area contributed by atoms with Crippen LogP contribution in [-0.2, 0) is 4.79 Å². The van der Waals surface area contributed by atoms with E-state index in [2.05, 4.69) is 16.5 Å². The van der Waals surface area contributed by atoms with Crippen molar-refractivity contribution in [1.82, 2.24) is 14.9 Å². The van der Waals surface area contributed by atoms with Gasteiger partial charge >= 0.3 is 0 Å². The van der Waals surface area contributed by atoms with Gasteiger partial charge in [0, 0.05) is 43.9 Å². The Kier molecular flexibility index (Phi) is 4.66. The largest absolute Gasteiger partial charge is 0.490 e. The number of amides is 1. The van der Waals surface area contributed by atoms with E-state index in [1.165, 1.54) is 12.4 Å². The molecule has 5 nitrogen and oxygen atoms in total. The van der Waals surface area contributed by atoms with Crippen LogP contribution in [0.5, 0.6) is 5.75 Å². The molecule has 1 saturated heterocycles. The van der Waals surface area contributed by atoms with Gasteiger partial charge in [-0.2, -0.15) is 0 Å². The number of piperidine rings is 1. The van der Waals surface area contributed by atoms with Crippen LogP contribution in [-0.4, -0.2) is 40.0 Å². The van der Waals surface area contributed by atoms with Crippen LogP contribution in [0.3, 0.4) is 0 Å². The highest BCUT2D eigenvalue weighted by Gasteiger charge is 2.22. The molecular weight excluding hydrogens is 290 g/mol. The number of benzene rings is 1. The Labute approximate surface area is 135 Å². The summed E-state index contributed by atoms with van der Waals surface area (Å²) in [5.41, 5.74) is 2.04. The summed E-state index contributed by atoms with van der Waals surface area (Å²) >= 11 is 0. The SMILES string of the molecule is C=CC(=O)N1CCC(Oc2ccc(-c3cncnc3)cc2)CC1. The summed E-state index contributed by atoms with van der Waals surface area (Å²) < 4.78 is 6.01. The van der Waals surface area contributed by atoms with E-state index in [1.807, 2.05) is 29.2 Å². The number of carbonyl (C=O) groups is 1. The maximum absolute atomic E-state index is 11.6. The summed E-state index contributed by atoms with van der Waals surface area (Å²) in [5.74, 6) is 0.844. The van der Waals surface area contributed by atoms with Gasteiger partial charge in [-0.3, -0.25) is 4.79 Å². The second-order valence-electron chi connectivity index (χ2n) is 5.50. The summed E-state index contributed by atoms with van der Waals surface area (Å²) in [6.45, 7) is 4.96. The molecule has 23 heavy (non-hydrogen) atoms. The number of likely N-dealkylation sites (tertiary alicyclic amines) is 1. The molecule has 1 aromatic carbocycles. The van der Waals surface area contributed by atoms with Gasteiger partial charge in [0.25, 0.3) is 0 Å². The molecule has 2 aromatic rings. The van der Waals surface area contributed by atoms with Crippen LogP contribution in [0.25, 0.3) is 11.1 Å². The standard InChI is InChI=1S/C18H19N3O2/c1-2-18(22)21-9-7-17(8-10-21)23-16-5-3-14(4-6-16)15-11-19-13-20-12-15/h2-6,11-13,17H,1,7-10H2. The van der Waals surface area contributed by atoms with E-state index in [0.717, 1.165) is 42.8 Å². The van der Waals surface area contributed by atoms with Crippen molar-refractivity contribution in [3.63, 3.8) is 0 Å². The van der Waals surface area contributed by atoms with Crippen molar-refractivity contribution in [1.29, 1.82) is 0 Å². The van der Waals surface area contributed by atoms with Crippen LogP contribution in [0.4, 0.5) is 0 Å². The maximum atomic E-state index is 11.6. The molecule has 0 radical (unpaired) electrons. The third-order valence-electron chi connectivity index (χ3n) is 3.98. The summed E-state index contributed by atoms with van der Waals surface area (Å²) in [7, 11) is 0. The fourth-order valence-corrected chi connectivity index (χ4v) is 2.69. The van der Waals surface area contributed by atoms with Crippen LogP contribution in [0, 0.1) is 0 Å². The first-order valence-electron chi connectivity index (χ1n) is 7.69. The molecule has 2 heterocycles. The topological polar surface area (TPSA) is 55.3 Å². The van der Waals surface area contributed by atoms with E-state index in [0.29, 0.717) is 0 Å². The molecule has 5 heteroatoms. The van der Waals surface area contributed by atoms with Crippen LogP contribution < -0.4 is 4.74 Å². The van der Waals surface area contributed by atoms with E-state index in [4.69, 9.17) is 4.74 Å². The van der Waals surface area contributed by atoms with Crippen molar-refractivity contribution in [2.45, 2.75) is 18.9 Å². The third kappa shape index (κ3) is 3.74. The number of ether oxygens (including phenoxy) is 1. The number of nitrogens with zero attached hydrogens (tertiary/aromatic N) is 3. The highest BCUT2D eigenvalue weighted by Crippen LogP contribution is 2.23. The van der Waals surface area contributed by atoms with Gasteiger partial charge in [-0.1, -0.05) is 18.7 Å². The van der Waals surface area contributed by atoms with E-state index in [-0.39, 0.29) is 12.0 Å². The number of rotatable bonds is 4. The Morgan fingerprint density at radius 3 is 2.39 bits per heavy atom. The molecule has 0 spiro atoms. The number of carbonyl (C=O) groups excluding carboxylic acids is 1. The molecule has 1 fully saturated rings. The lowest BCUT2D eigenvalue weighted by Gasteiger charge is -2.31. The minimum absolute atomic E-state index is 0.00196. The van der Waals surface area contributed by atoms with Gasteiger partial charge in [-0.15, -0.1) is 0 Å². The van der Waals surface area contributed by atoms with E-state index >= 15 is 0 Å². The van der Waals surface area contributed by atoms with Gasteiger partial charge in [0.15, 0.2) is 0 Å². The third-order valence-corrected chi connectivity index (χ3v) is 3.98. The van der Waals surface area contributed by atoms with Gasteiger partial charge < -0.3 is 9.64 Å². The molecular formula is C18H19N3O2. The van der Waals surface area contributed by atoms with E-state index < -0.39 is 0 Å². The normalized spacial score (nSPS) is 15.2. The molecule has 0 N–H and O–H groups in total. The second kappa shape index (κ2) is 7.05. The summed E-state index contributed by atoms with van der Waals surface area (Å²) in [6.07, 6.45) is 8.29. The van der Waals surface area contributed by atoms with Crippen LogP contribution in [0.15, 0.2) is 55.6 Å². The minimum atomic E-state index is -0.00196. The lowest BCUT2D eigenvalue weighted by atomic mass is 10.1. The zero-order valence-corrected chi connectivity index (χ0v) is 12.9. The Morgan fingerprint density at radius 1 is 1.13 bits per heavy atom. The molecule has 1 aromatic heterocycles. The summed E-state index contributed by atoms with van der Waals surface area (Å²) in [4.78, 5) is 21.4. The molecule has 0 saturated carbocycles. The quantitative estimate of drug-likeness (QED) is 0.815. The van der Waals surface area contributed by atoms with Crippen LogP contribution in [0.2, 0.25) is 0 Å². The molecule has 3 rings (SSSR count). The van der Waals surface area contributed by atoms with Crippen LogP contribution >= 0.6 is 0 Å². The first-order valence-corrected chi connectivity index (χ1v) is 7.69. The van der Waals surface area contributed by atoms with Gasteiger partial charge in [0.1, 0.15) is 18.2 Å². The first-order chi connectivity index (χ1) is 11.3. The lowest BCUT2D eigenvalue weighted by molar-refractivity contribution is -0.127. The smallest absolute Gasteiger partial charge is 0.245 e. The van der Waals surface area contributed by atoms with E-state index in [1.54, 1.807) is 12.4 Å². The number of hydrogen-bond donors (Lipinski definition) is 0.